The van der Waals surface area contributed by atoms with Gasteiger partial charge in [0, 0.05) is 43.1 Å². The van der Waals surface area contributed by atoms with Crippen LogP contribution in [0, 0.1) is 0 Å². The Labute approximate surface area is 203 Å². The maximum absolute atomic E-state index is 13.4. The molecular formula is C25H31BrN2O5. The van der Waals surface area contributed by atoms with E-state index in [0.717, 1.165) is 34.3 Å². The SMILES string of the molecule is COCO[C@@]1(Cc2cc(OC3CCCCC3)ccn2)C(=O)N(COC)[C@H]1c1ccc(Br)cc1. The zero-order valence-corrected chi connectivity index (χ0v) is 20.8. The van der Waals surface area contributed by atoms with Gasteiger partial charge in [0.15, 0.2) is 5.60 Å². The number of β-lactam (4-membered cyclic amide) rings is 1. The zero-order chi connectivity index (χ0) is 23.3. The van der Waals surface area contributed by atoms with E-state index < -0.39 is 5.60 Å². The minimum atomic E-state index is -1.14. The molecule has 1 saturated carbocycles. The first-order valence-corrected chi connectivity index (χ1v) is 12.2. The number of hydrogen-bond acceptors (Lipinski definition) is 6. The van der Waals surface area contributed by atoms with E-state index in [9.17, 15) is 4.79 Å². The van der Waals surface area contributed by atoms with Crippen LogP contribution < -0.4 is 4.74 Å². The fourth-order valence-electron chi connectivity index (χ4n) is 4.83. The van der Waals surface area contributed by atoms with Crippen molar-refractivity contribution in [1.82, 2.24) is 9.88 Å². The fourth-order valence-corrected chi connectivity index (χ4v) is 5.09. The molecule has 2 aromatic rings. The summed E-state index contributed by atoms with van der Waals surface area (Å²) in [4.78, 5) is 19.7. The number of methoxy groups -OCH3 is 2. The van der Waals surface area contributed by atoms with Crippen LogP contribution in [-0.2, 0) is 25.4 Å². The lowest BCUT2D eigenvalue weighted by Crippen LogP contribution is -2.71. The normalized spacial score (nSPS) is 23.4. The van der Waals surface area contributed by atoms with Gasteiger partial charge in [-0.25, -0.2) is 0 Å². The van der Waals surface area contributed by atoms with E-state index in [1.54, 1.807) is 25.3 Å². The number of aromatic nitrogens is 1. The Balaban J connectivity index is 1.62. The molecule has 1 amide bonds. The molecule has 7 nitrogen and oxygen atoms in total. The summed E-state index contributed by atoms with van der Waals surface area (Å²) in [6.07, 6.45) is 8.12. The lowest BCUT2D eigenvalue weighted by atomic mass is 9.75. The van der Waals surface area contributed by atoms with E-state index in [1.165, 1.54) is 19.3 Å². The smallest absolute Gasteiger partial charge is 0.260 e. The minimum Gasteiger partial charge on any atom is -0.490 e. The van der Waals surface area contributed by atoms with Gasteiger partial charge in [-0.1, -0.05) is 34.5 Å². The Hall–Kier alpha value is -2.00. The van der Waals surface area contributed by atoms with Crippen LogP contribution in [-0.4, -0.2) is 55.2 Å². The summed E-state index contributed by atoms with van der Waals surface area (Å²) < 4.78 is 23.8. The van der Waals surface area contributed by atoms with E-state index in [4.69, 9.17) is 18.9 Å². The molecule has 1 saturated heterocycles. The molecular weight excluding hydrogens is 488 g/mol. The van der Waals surface area contributed by atoms with Crippen molar-refractivity contribution in [2.75, 3.05) is 27.7 Å². The number of hydrogen-bond donors (Lipinski definition) is 0. The highest BCUT2D eigenvalue weighted by Gasteiger charge is 2.62. The van der Waals surface area contributed by atoms with Crippen LogP contribution in [0.1, 0.15) is 49.4 Å². The summed E-state index contributed by atoms with van der Waals surface area (Å²) in [5.41, 5.74) is 0.561. The van der Waals surface area contributed by atoms with Crippen molar-refractivity contribution in [3.05, 3.63) is 58.3 Å². The molecule has 1 aromatic heterocycles. The molecule has 1 aromatic carbocycles. The van der Waals surface area contributed by atoms with Crippen molar-refractivity contribution in [3.63, 3.8) is 0 Å². The molecule has 0 radical (unpaired) electrons. The Morgan fingerprint density at radius 1 is 1.09 bits per heavy atom. The minimum absolute atomic E-state index is 0.00213. The second-order valence-electron chi connectivity index (χ2n) is 8.62. The van der Waals surface area contributed by atoms with Gasteiger partial charge in [-0.15, -0.1) is 0 Å². The van der Waals surface area contributed by atoms with Gasteiger partial charge in [0.1, 0.15) is 19.3 Å². The summed E-state index contributed by atoms with van der Waals surface area (Å²) in [7, 11) is 3.13. The van der Waals surface area contributed by atoms with Crippen LogP contribution in [0.4, 0.5) is 0 Å². The molecule has 2 aliphatic rings. The van der Waals surface area contributed by atoms with E-state index in [2.05, 4.69) is 20.9 Å². The first-order valence-electron chi connectivity index (χ1n) is 11.4. The summed E-state index contributed by atoms with van der Waals surface area (Å²) in [5.74, 6) is 0.643. The van der Waals surface area contributed by atoms with Gasteiger partial charge in [0.05, 0.1) is 12.1 Å². The van der Waals surface area contributed by atoms with Gasteiger partial charge in [0.25, 0.3) is 5.91 Å². The monoisotopic (exact) mass is 518 g/mol. The number of rotatable bonds is 10. The van der Waals surface area contributed by atoms with Gasteiger partial charge in [-0.2, -0.15) is 0 Å². The number of pyridine rings is 1. The number of ether oxygens (including phenoxy) is 4. The van der Waals surface area contributed by atoms with E-state index >= 15 is 0 Å². The number of carbonyl (C=O) groups is 1. The van der Waals surface area contributed by atoms with Gasteiger partial charge in [-0.3, -0.25) is 9.78 Å². The Kier molecular flexibility index (Phi) is 8.01. The standard InChI is InChI=1S/C25H31BrN2O5/c1-30-16-28-23(18-8-10-19(26)11-9-18)25(24(28)29,32-17-31-2)15-20-14-22(12-13-27-20)33-21-6-4-3-5-7-21/h8-14,21,23H,3-7,15-17H2,1-2H3/t23-,25+/m0/s1. The van der Waals surface area contributed by atoms with Crippen LogP contribution in [0.5, 0.6) is 5.75 Å². The number of nitrogens with zero attached hydrogens (tertiary/aromatic N) is 2. The first-order chi connectivity index (χ1) is 16.1. The molecule has 4 rings (SSSR count). The fraction of sp³-hybridized carbons (Fsp3) is 0.520. The average molecular weight is 519 g/mol. The summed E-state index contributed by atoms with van der Waals surface area (Å²) in [5, 5.41) is 0. The van der Waals surface area contributed by atoms with E-state index in [0.29, 0.717) is 6.42 Å². The van der Waals surface area contributed by atoms with Crippen molar-refractivity contribution in [2.24, 2.45) is 0 Å². The largest absolute Gasteiger partial charge is 0.490 e. The molecule has 1 aliphatic carbocycles. The van der Waals surface area contributed by atoms with Crippen molar-refractivity contribution >= 4 is 21.8 Å². The average Bonchev–Trinajstić information content (AvgIpc) is 2.83. The number of halogens is 1. The molecule has 178 valence electrons. The molecule has 0 N–H and O–H groups in total. The molecule has 0 bridgehead atoms. The topological polar surface area (TPSA) is 70.1 Å². The van der Waals surface area contributed by atoms with Crippen molar-refractivity contribution in [2.45, 2.75) is 56.3 Å². The third-order valence-corrected chi connectivity index (χ3v) is 6.88. The molecule has 2 atom stereocenters. The Morgan fingerprint density at radius 2 is 1.85 bits per heavy atom. The highest BCUT2D eigenvalue weighted by molar-refractivity contribution is 9.10. The second-order valence-corrected chi connectivity index (χ2v) is 9.54. The van der Waals surface area contributed by atoms with Crippen LogP contribution >= 0.6 is 15.9 Å². The molecule has 0 spiro atoms. The lowest BCUT2D eigenvalue weighted by Gasteiger charge is -2.55. The summed E-state index contributed by atoms with van der Waals surface area (Å²) >= 11 is 3.48. The second kappa shape index (κ2) is 11.0. The Morgan fingerprint density at radius 3 is 2.55 bits per heavy atom. The number of amides is 1. The van der Waals surface area contributed by atoms with Crippen molar-refractivity contribution < 1.29 is 23.7 Å². The third-order valence-electron chi connectivity index (χ3n) is 6.35. The predicted molar refractivity (Wildman–Crippen MR) is 127 cm³/mol. The van der Waals surface area contributed by atoms with Crippen molar-refractivity contribution in [3.8, 4) is 5.75 Å². The quantitative estimate of drug-likeness (QED) is 0.337. The molecule has 1 aliphatic heterocycles. The molecule has 33 heavy (non-hydrogen) atoms. The van der Waals surface area contributed by atoms with E-state index in [-0.39, 0.29) is 31.6 Å². The van der Waals surface area contributed by atoms with E-state index in [1.807, 2.05) is 36.4 Å². The maximum atomic E-state index is 13.4. The molecule has 8 heteroatoms. The van der Waals surface area contributed by atoms with Gasteiger partial charge in [0.2, 0.25) is 0 Å². The number of carbonyl (C=O) groups excluding carboxylic acids is 1. The van der Waals surface area contributed by atoms with Crippen LogP contribution in [0.15, 0.2) is 47.1 Å². The Bertz CT molecular complexity index is 935. The maximum Gasteiger partial charge on any atom is 0.260 e. The van der Waals surface area contributed by atoms with Gasteiger partial charge >= 0.3 is 0 Å². The van der Waals surface area contributed by atoms with Crippen LogP contribution in [0.2, 0.25) is 0 Å². The molecule has 0 unspecified atom stereocenters. The van der Waals surface area contributed by atoms with Crippen LogP contribution in [0.25, 0.3) is 0 Å². The first kappa shape index (κ1) is 24.1. The zero-order valence-electron chi connectivity index (χ0n) is 19.2. The molecule has 2 fully saturated rings. The number of benzene rings is 1. The van der Waals surface area contributed by atoms with Gasteiger partial charge in [-0.05, 0) is 49.4 Å². The lowest BCUT2D eigenvalue weighted by molar-refractivity contribution is -0.235. The predicted octanol–water partition coefficient (Wildman–Crippen LogP) is 4.64. The van der Waals surface area contributed by atoms with Crippen molar-refractivity contribution in [1.29, 1.82) is 0 Å². The summed E-state index contributed by atoms with van der Waals surface area (Å²) in [6, 6.07) is 11.4. The highest BCUT2D eigenvalue weighted by atomic mass is 79.9. The van der Waals surface area contributed by atoms with Gasteiger partial charge < -0.3 is 23.8 Å². The number of likely N-dealkylation sites (tertiary alicyclic amines) is 1. The summed E-state index contributed by atoms with van der Waals surface area (Å²) in [6.45, 7) is 0.174. The third kappa shape index (κ3) is 5.24. The highest BCUT2D eigenvalue weighted by Crippen LogP contribution is 2.48. The molecule has 2 heterocycles. The van der Waals surface area contributed by atoms with Crippen LogP contribution in [0.3, 0.4) is 0 Å².